The van der Waals surface area contributed by atoms with Crippen molar-refractivity contribution in [2.75, 3.05) is 0 Å². The van der Waals surface area contributed by atoms with E-state index in [0.29, 0.717) is 18.8 Å². The van der Waals surface area contributed by atoms with E-state index >= 15 is 0 Å². The van der Waals surface area contributed by atoms with Gasteiger partial charge in [-0.15, -0.1) is 0 Å². The lowest BCUT2D eigenvalue weighted by molar-refractivity contribution is -0.121. The summed E-state index contributed by atoms with van der Waals surface area (Å²) in [6.07, 6.45) is 8.57. The number of hydrogen-bond acceptors (Lipinski definition) is 4. The summed E-state index contributed by atoms with van der Waals surface area (Å²) in [5, 5.41) is 6.90. The Labute approximate surface area is 118 Å². The van der Waals surface area contributed by atoms with Crippen LogP contribution in [0.15, 0.2) is 31.0 Å². The van der Waals surface area contributed by atoms with E-state index in [1.165, 1.54) is 6.33 Å². The van der Waals surface area contributed by atoms with Crippen LogP contribution < -0.4 is 5.32 Å². The van der Waals surface area contributed by atoms with Crippen molar-refractivity contribution in [3.63, 3.8) is 0 Å². The van der Waals surface area contributed by atoms with E-state index in [9.17, 15) is 4.79 Å². The molecule has 6 heteroatoms. The molecule has 20 heavy (non-hydrogen) atoms. The van der Waals surface area contributed by atoms with Crippen LogP contribution in [-0.4, -0.2) is 25.7 Å². The van der Waals surface area contributed by atoms with Crippen LogP contribution in [0, 0.1) is 0 Å². The van der Waals surface area contributed by atoms with Crippen molar-refractivity contribution >= 4 is 5.91 Å². The third kappa shape index (κ3) is 4.15. The molecule has 0 aliphatic rings. The maximum atomic E-state index is 11.6. The molecule has 0 atom stereocenters. The van der Waals surface area contributed by atoms with Gasteiger partial charge in [0.05, 0.1) is 0 Å². The van der Waals surface area contributed by atoms with E-state index in [-0.39, 0.29) is 5.91 Å². The monoisotopic (exact) mass is 273 g/mol. The van der Waals surface area contributed by atoms with Crippen LogP contribution in [0.5, 0.6) is 0 Å². The van der Waals surface area contributed by atoms with Gasteiger partial charge in [-0.2, -0.15) is 5.10 Å². The number of aromatic nitrogens is 4. The Morgan fingerprint density at radius 1 is 1.35 bits per heavy atom. The number of hydrogen-bond donors (Lipinski definition) is 1. The number of carbonyl (C=O) groups excluding carboxylic acids is 1. The molecule has 106 valence electrons. The molecule has 1 amide bonds. The maximum absolute atomic E-state index is 11.6. The molecule has 2 aromatic heterocycles. The number of unbranched alkanes of at least 4 members (excludes halogenated alkanes) is 2. The first kappa shape index (κ1) is 14.2. The van der Waals surface area contributed by atoms with Crippen molar-refractivity contribution in [1.82, 2.24) is 25.1 Å². The van der Waals surface area contributed by atoms with Gasteiger partial charge in [-0.1, -0.05) is 25.8 Å². The van der Waals surface area contributed by atoms with Gasteiger partial charge >= 0.3 is 0 Å². The lowest BCUT2D eigenvalue weighted by atomic mass is 10.2. The molecule has 0 saturated carbocycles. The quantitative estimate of drug-likeness (QED) is 0.781. The summed E-state index contributed by atoms with van der Waals surface area (Å²) < 4.78 is 1.59. The van der Waals surface area contributed by atoms with Crippen molar-refractivity contribution in [3.8, 4) is 5.82 Å². The molecule has 2 heterocycles. The zero-order chi connectivity index (χ0) is 14.2. The van der Waals surface area contributed by atoms with E-state index < -0.39 is 0 Å². The Bertz CT molecular complexity index is 521. The summed E-state index contributed by atoms with van der Waals surface area (Å²) in [5.74, 6) is 0.805. The number of carbonyl (C=O) groups is 1. The Balaban J connectivity index is 1.81. The van der Waals surface area contributed by atoms with Crippen molar-refractivity contribution in [3.05, 3.63) is 36.5 Å². The SMILES string of the molecule is CCCCCC(=O)NCc1ccc(-n2cncn2)nc1. The summed E-state index contributed by atoms with van der Waals surface area (Å²) >= 11 is 0. The highest BCUT2D eigenvalue weighted by molar-refractivity contribution is 5.75. The van der Waals surface area contributed by atoms with Gasteiger partial charge in [0.1, 0.15) is 12.7 Å². The first-order chi connectivity index (χ1) is 9.79. The normalized spacial score (nSPS) is 10.4. The lowest BCUT2D eigenvalue weighted by Crippen LogP contribution is -2.22. The second kappa shape index (κ2) is 7.37. The van der Waals surface area contributed by atoms with E-state index in [1.807, 2.05) is 12.1 Å². The first-order valence-corrected chi connectivity index (χ1v) is 6.86. The van der Waals surface area contributed by atoms with Crippen LogP contribution in [0.4, 0.5) is 0 Å². The molecular formula is C14H19N5O. The maximum Gasteiger partial charge on any atom is 0.220 e. The molecular weight excluding hydrogens is 254 g/mol. The molecule has 2 rings (SSSR count). The van der Waals surface area contributed by atoms with Gasteiger partial charge in [-0.3, -0.25) is 4.79 Å². The van der Waals surface area contributed by atoms with Crippen LogP contribution in [0.2, 0.25) is 0 Å². The number of amides is 1. The molecule has 6 nitrogen and oxygen atoms in total. The topological polar surface area (TPSA) is 72.7 Å². The Kier molecular flexibility index (Phi) is 5.23. The average Bonchev–Trinajstić information content (AvgIpc) is 3.00. The van der Waals surface area contributed by atoms with Gasteiger partial charge < -0.3 is 5.32 Å². The molecule has 0 unspecified atom stereocenters. The van der Waals surface area contributed by atoms with Crippen molar-refractivity contribution < 1.29 is 4.79 Å². The van der Waals surface area contributed by atoms with E-state index in [4.69, 9.17) is 0 Å². The summed E-state index contributed by atoms with van der Waals surface area (Å²) in [6, 6.07) is 3.78. The Morgan fingerprint density at radius 2 is 2.25 bits per heavy atom. The molecule has 0 aliphatic carbocycles. The number of nitrogens with zero attached hydrogens (tertiary/aromatic N) is 4. The minimum absolute atomic E-state index is 0.0961. The van der Waals surface area contributed by atoms with Crippen LogP contribution in [-0.2, 0) is 11.3 Å². The molecule has 0 spiro atoms. The van der Waals surface area contributed by atoms with Crippen LogP contribution in [0.1, 0.15) is 38.2 Å². The van der Waals surface area contributed by atoms with Gasteiger partial charge in [0, 0.05) is 19.2 Å². The highest BCUT2D eigenvalue weighted by Crippen LogP contribution is 2.04. The van der Waals surface area contributed by atoms with Crippen LogP contribution in [0.3, 0.4) is 0 Å². The number of nitrogens with one attached hydrogen (secondary N) is 1. The van der Waals surface area contributed by atoms with Gasteiger partial charge in [-0.25, -0.2) is 14.6 Å². The zero-order valence-electron chi connectivity index (χ0n) is 11.6. The van der Waals surface area contributed by atoms with Crippen molar-refractivity contribution in [2.24, 2.45) is 0 Å². The van der Waals surface area contributed by atoms with Crippen molar-refractivity contribution in [2.45, 2.75) is 39.2 Å². The fourth-order valence-electron chi connectivity index (χ4n) is 1.81. The average molecular weight is 273 g/mol. The highest BCUT2D eigenvalue weighted by atomic mass is 16.1. The minimum Gasteiger partial charge on any atom is -0.352 e. The Hall–Kier alpha value is -2.24. The van der Waals surface area contributed by atoms with Gasteiger partial charge in [-0.05, 0) is 18.1 Å². The number of rotatable bonds is 7. The summed E-state index contributed by atoms with van der Waals surface area (Å²) in [4.78, 5) is 19.7. The zero-order valence-corrected chi connectivity index (χ0v) is 11.6. The molecule has 0 aliphatic heterocycles. The molecule has 0 radical (unpaired) electrons. The molecule has 2 aromatic rings. The number of pyridine rings is 1. The fraction of sp³-hybridized carbons (Fsp3) is 0.429. The summed E-state index contributed by atoms with van der Waals surface area (Å²) in [6.45, 7) is 2.63. The predicted octanol–water partition coefficient (Wildman–Crippen LogP) is 1.86. The highest BCUT2D eigenvalue weighted by Gasteiger charge is 2.02. The summed E-state index contributed by atoms with van der Waals surface area (Å²) in [7, 11) is 0. The molecule has 1 N–H and O–H groups in total. The second-order valence-corrected chi connectivity index (χ2v) is 4.60. The third-order valence-corrected chi connectivity index (χ3v) is 2.96. The summed E-state index contributed by atoms with van der Waals surface area (Å²) in [5.41, 5.74) is 0.970. The largest absolute Gasteiger partial charge is 0.352 e. The van der Waals surface area contributed by atoms with E-state index in [1.54, 1.807) is 17.2 Å². The van der Waals surface area contributed by atoms with Gasteiger partial charge in [0.2, 0.25) is 5.91 Å². The third-order valence-electron chi connectivity index (χ3n) is 2.96. The minimum atomic E-state index is 0.0961. The van der Waals surface area contributed by atoms with Gasteiger partial charge in [0.15, 0.2) is 5.82 Å². The smallest absolute Gasteiger partial charge is 0.220 e. The van der Waals surface area contributed by atoms with E-state index in [0.717, 1.165) is 24.8 Å². The van der Waals surface area contributed by atoms with Gasteiger partial charge in [0.25, 0.3) is 0 Å². The van der Waals surface area contributed by atoms with Crippen LogP contribution >= 0.6 is 0 Å². The fourth-order valence-corrected chi connectivity index (χ4v) is 1.81. The molecule has 0 saturated heterocycles. The second-order valence-electron chi connectivity index (χ2n) is 4.60. The standard InChI is InChI=1S/C14H19N5O/c1-2-3-4-5-14(20)17-9-12-6-7-13(16-8-12)19-11-15-10-18-19/h6-8,10-11H,2-5,9H2,1H3,(H,17,20). The van der Waals surface area contributed by atoms with Crippen LogP contribution in [0.25, 0.3) is 5.82 Å². The molecule has 0 fully saturated rings. The van der Waals surface area contributed by atoms with E-state index in [2.05, 4.69) is 27.3 Å². The first-order valence-electron chi connectivity index (χ1n) is 6.86. The molecule has 0 bridgehead atoms. The predicted molar refractivity (Wildman–Crippen MR) is 75.1 cm³/mol. The van der Waals surface area contributed by atoms with Crippen molar-refractivity contribution in [1.29, 1.82) is 0 Å². The molecule has 0 aromatic carbocycles. The lowest BCUT2D eigenvalue weighted by Gasteiger charge is -2.06. The Morgan fingerprint density at radius 3 is 2.90 bits per heavy atom.